The second kappa shape index (κ2) is 1.47. The number of hydrogen-bond acceptors (Lipinski definition) is 4. The van der Waals surface area contributed by atoms with Crippen molar-refractivity contribution in [2.75, 3.05) is 0 Å². The van der Waals surface area contributed by atoms with Crippen molar-refractivity contribution >= 4 is 11.9 Å². The predicted molar refractivity (Wildman–Crippen MR) is 21.6 cm³/mol. The Morgan fingerprint density at radius 2 is 1.62 bits per heavy atom. The smallest absolute Gasteiger partial charge is 0.417 e. The lowest BCUT2D eigenvalue weighted by Crippen LogP contribution is -2.05. The van der Waals surface area contributed by atoms with Crippen molar-refractivity contribution in [3.63, 3.8) is 0 Å². The highest BCUT2D eigenvalue weighted by Gasteiger charge is 2.30. The summed E-state index contributed by atoms with van der Waals surface area (Å²) in [6.45, 7) is 1.48. The standard InChI is InChI=1S/C4H4O4/c1-2-7-3(5)4(6)8-2/h2H,1H3. The Hall–Kier alpha value is -1.06. The second-order valence-corrected chi connectivity index (χ2v) is 1.38. The molecule has 0 spiro atoms. The van der Waals surface area contributed by atoms with Gasteiger partial charge in [-0.05, 0) is 0 Å². The van der Waals surface area contributed by atoms with Crippen LogP contribution in [-0.4, -0.2) is 18.2 Å². The molecule has 1 aliphatic rings. The first-order chi connectivity index (χ1) is 3.70. The number of rotatable bonds is 0. The van der Waals surface area contributed by atoms with E-state index in [1.807, 2.05) is 0 Å². The molecule has 1 rings (SSSR count). The minimum atomic E-state index is -0.905. The quantitative estimate of drug-likeness (QED) is 0.314. The molecule has 0 radical (unpaired) electrons. The maximum absolute atomic E-state index is 10.1. The molecule has 0 bridgehead atoms. The van der Waals surface area contributed by atoms with Gasteiger partial charge in [-0.2, -0.15) is 0 Å². The molecule has 0 aromatic rings. The molecule has 0 aromatic heterocycles. The summed E-state index contributed by atoms with van der Waals surface area (Å²) in [6, 6.07) is 0. The van der Waals surface area contributed by atoms with E-state index in [2.05, 4.69) is 9.47 Å². The zero-order chi connectivity index (χ0) is 6.15. The first-order valence-corrected chi connectivity index (χ1v) is 2.12. The molecule has 0 unspecified atom stereocenters. The van der Waals surface area contributed by atoms with E-state index >= 15 is 0 Å². The predicted octanol–water partition coefficient (Wildman–Crippen LogP) is -0.568. The number of carbonyl (C=O) groups is 2. The van der Waals surface area contributed by atoms with Crippen LogP contribution in [0.15, 0.2) is 0 Å². The lowest BCUT2D eigenvalue weighted by molar-refractivity contribution is -0.150. The molecule has 8 heavy (non-hydrogen) atoms. The van der Waals surface area contributed by atoms with Crippen molar-refractivity contribution < 1.29 is 19.1 Å². The van der Waals surface area contributed by atoms with Crippen molar-refractivity contribution in [3.8, 4) is 0 Å². The van der Waals surface area contributed by atoms with E-state index in [-0.39, 0.29) is 0 Å². The number of esters is 2. The van der Waals surface area contributed by atoms with E-state index in [0.29, 0.717) is 0 Å². The topological polar surface area (TPSA) is 52.6 Å². The number of ether oxygens (including phenoxy) is 2. The van der Waals surface area contributed by atoms with Crippen molar-refractivity contribution in [2.24, 2.45) is 0 Å². The maximum Gasteiger partial charge on any atom is 0.420 e. The summed E-state index contributed by atoms with van der Waals surface area (Å²) in [7, 11) is 0. The fraction of sp³-hybridized carbons (Fsp3) is 0.500. The third-order valence-electron chi connectivity index (χ3n) is 0.713. The van der Waals surface area contributed by atoms with E-state index in [0.717, 1.165) is 0 Å². The van der Waals surface area contributed by atoms with Gasteiger partial charge in [0.1, 0.15) is 0 Å². The number of hydrogen-bond donors (Lipinski definition) is 0. The van der Waals surface area contributed by atoms with E-state index in [9.17, 15) is 9.59 Å². The van der Waals surface area contributed by atoms with Crippen LogP contribution in [0.3, 0.4) is 0 Å². The summed E-state index contributed by atoms with van der Waals surface area (Å²) in [6.07, 6.45) is -0.699. The normalized spacial score (nSPS) is 20.6. The van der Waals surface area contributed by atoms with Gasteiger partial charge in [-0.1, -0.05) is 0 Å². The molecule has 0 aromatic carbocycles. The fourth-order valence-electron chi connectivity index (χ4n) is 0.422. The van der Waals surface area contributed by atoms with Crippen LogP contribution < -0.4 is 0 Å². The first-order valence-electron chi connectivity index (χ1n) is 2.12. The molecule has 0 aliphatic carbocycles. The molecule has 1 saturated heterocycles. The lowest BCUT2D eigenvalue weighted by atomic mass is 10.7. The van der Waals surface area contributed by atoms with Gasteiger partial charge in [-0.3, -0.25) is 0 Å². The summed E-state index contributed by atoms with van der Waals surface area (Å²) in [4.78, 5) is 20.2. The van der Waals surface area contributed by atoms with Gasteiger partial charge < -0.3 is 9.47 Å². The summed E-state index contributed by atoms with van der Waals surface area (Å²) < 4.78 is 8.53. The van der Waals surface area contributed by atoms with Crippen LogP contribution in [0.25, 0.3) is 0 Å². The average molecular weight is 116 g/mol. The highest BCUT2D eigenvalue weighted by Crippen LogP contribution is 2.03. The van der Waals surface area contributed by atoms with Crippen LogP contribution >= 0.6 is 0 Å². The molecular formula is C4H4O4. The molecule has 1 aliphatic heterocycles. The maximum atomic E-state index is 10.1. The highest BCUT2D eigenvalue weighted by atomic mass is 16.8. The Labute approximate surface area is 45.4 Å². The van der Waals surface area contributed by atoms with Crippen LogP contribution in [-0.2, 0) is 19.1 Å². The molecule has 0 amide bonds. The number of carbonyl (C=O) groups excluding carboxylic acids is 2. The summed E-state index contributed by atoms with van der Waals surface area (Å²) in [5.41, 5.74) is 0. The number of cyclic esters (lactones) is 2. The van der Waals surface area contributed by atoms with Crippen molar-refractivity contribution in [3.05, 3.63) is 0 Å². The van der Waals surface area contributed by atoms with Gasteiger partial charge in [0.15, 0.2) is 0 Å². The minimum Gasteiger partial charge on any atom is -0.417 e. The summed E-state index contributed by atoms with van der Waals surface area (Å²) in [5.74, 6) is -1.81. The van der Waals surface area contributed by atoms with Gasteiger partial charge in [0.25, 0.3) is 0 Å². The average Bonchev–Trinajstić information content (AvgIpc) is 1.85. The van der Waals surface area contributed by atoms with Gasteiger partial charge >= 0.3 is 11.9 Å². The van der Waals surface area contributed by atoms with Crippen LogP contribution in [0.2, 0.25) is 0 Å². The van der Waals surface area contributed by atoms with Gasteiger partial charge in [-0.15, -0.1) is 0 Å². The Kier molecular flexibility index (Phi) is 0.932. The molecule has 44 valence electrons. The molecule has 0 saturated carbocycles. The van der Waals surface area contributed by atoms with Crippen LogP contribution in [0.4, 0.5) is 0 Å². The Balaban J connectivity index is 2.64. The Bertz CT molecular complexity index is 123. The molecule has 4 heteroatoms. The van der Waals surface area contributed by atoms with Crippen molar-refractivity contribution in [1.82, 2.24) is 0 Å². The van der Waals surface area contributed by atoms with Crippen LogP contribution in [0.1, 0.15) is 6.92 Å². The molecule has 1 heterocycles. The zero-order valence-corrected chi connectivity index (χ0v) is 4.21. The molecule has 4 nitrogen and oxygen atoms in total. The highest BCUT2D eigenvalue weighted by molar-refractivity contribution is 6.30. The molecule has 0 atom stereocenters. The van der Waals surface area contributed by atoms with E-state index in [1.165, 1.54) is 6.92 Å². The van der Waals surface area contributed by atoms with Crippen LogP contribution in [0, 0.1) is 0 Å². The Morgan fingerprint density at radius 1 is 1.25 bits per heavy atom. The van der Waals surface area contributed by atoms with Crippen LogP contribution in [0.5, 0.6) is 0 Å². The van der Waals surface area contributed by atoms with E-state index in [1.54, 1.807) is 0 Å². The van der Waals surface area contributed by atoms with E-state index < -0.39 is 18.2 Å². The third kappa shape index (κ3) is 0.641. The van der Waals surface area contributed by atoms with Gasteiger partial charge in [0.05, 0.1) is 0 Å². The largest absolute Gasteiger partial charge is 0.420 e. The Morgan fingerprint density at radius 3 is 1.75 bits per heavy atom. The van der Waals surface area contributed by atoms with Crippen molar-refractivity contribution in [2.45, 2.75) is 13.2 Å². The molecular weight excluding hydrogens is 112 g/mol. The van der Waals surface area contributed by atoms with Gasteiger partial charge in [0, 0.05) is 6.92 Å². The lowest BCUT2D eigenvalue weighted by Gasteiger charge is -1.94. The monoisotopic (exact) mass is 116 g/mol. The fourth-order valence-corrected chi connectivity index (χ4v) is 0.422. The SMILES string of the molecule is CC1OC(=O)C(=O)O1. The van der Waals surface area contributed by atoms with Gasteiger partial charge in [0.2, 0.25) is 6.29 Å². The zero-order valence-electron chi connectivity index (χ0n) is 4.21. The molecule has 1 fully saturated rings. The third-order valence-corrected chi connectivity index (χ3v) is 0.713. The van der Waals surface area contributed by atoms with Crippen molar-refractivity contribution in [1.29, 1.82) is 0 Å². The van der Waals surface area contributed by atoms with Gasteiger partial charge in [-0.25, -0.2) is 9.59 Å². The summed E-state index contributed by atoms with van der Waals surface area (Å²) >= 11 is 0. The minimum absolute atomic E-state index is 0.699. The first kappa shape index (κ1) is 5.08. The second-order valence-electron chi connectivity index (χ2n) is 1.38. The van der Waals surface area contributed by atoms with E-state index in [4.69, 9.17) is 0 Å². The molecule has 0 N–H and O–H groups in total. The summed E-state index contributed by atoms with van der Waals surface area (Å²) in [5, 5.41) is 0.